The van der Waals surface area contributed by atoms with Crippen LogP contribution in [0.25, 0.3) is 0 Å². The van der Waals surface area contributed by atoms with E-state index in [9.17, 15) is 23.1 Å². The molecule has 0 spiro atoms. The maximum Gasteiger partial charge on any atom is 0.337 e. The molecule has 1 amide bonds. The number of carboxylic acids is 1. The van der Waals surface area contributed by atoms with E-state index in [1.807, 2.05) is 0 Å². The summed E-state index contributed by atoms with van der Waals surface area (Å²) >= 11 is 5.87. The summed E-state index contributed by atoms with van der Waals surface area (Å²) in [5.41, 5.74) is 0.365. The first kappa shape index (κ1) is 20.4. The lowest BCUT2D eigenvalue weighted by Crippen LogP contribution is -2.17. The highest BCUT2D eigenvalue weighted by atomic mass is 35.5. The van der Waals surface area contributed by atoms with Crippen molar-refractivity contribution >= 4 is 44.9 Å². The predicted molar refractivity (Wildman–Crippen MR) is 110 cm³/mol. The van der Waals surface area contributed by atoms with Crippen LogP contribution in [-0.4, -0.2) is 25.4 Å². The fraction of sp³-hybridized carbons (Fsp3) is 0. The lowest BCUT2D eigenvalue weighted by atomic mass is 10.1. The standard InChI is InChI=1S/C20H15ClN2O5S/c21-14-6-4-7-15(12-14)23-29(27,28)16-8-3-5-13(11-16)19(24)22-18-10-2-1-9-17(18)20(25)26/h1-12,23H,(H,22,24)(H,25,26). The highest BCUT2D eigenvalue weighted by Crippen LogP contribution is 2.21. The van der Waals surface area contributed by atoms with Crippen molar-refractivity contribution in [3.63, 3.8) is 0 Å². The van der Waals surface area contributed by atoms with E-state index in [4.69, 9.17) is 11.6 Å². The minimum Gasteiger partial charge on any atom is -0.478 e. The Kier molecular flexibility index (Phi) is 5.86. The van der Waals surface area contributed by atoms with E-state index in [0.717, 1.165) is 0 Å². The molecule has 148 valence electrons. The normalized spacial score (nSPS) is 10.9. The van der Waals surface area contributed by atoms with Gasteiger partial charge in [-0.3, -0.25) is 9.52 Å². The van der Waals surface area contributed by atoms with Crippen molar-refractivity contribution in [1.82, 2.24) is 0 Å². The van der Waals surface area contributed by atoms with E-state index in [0.29, 0.717) is 5.02 Å². The van der Waals surface area contributed by atoms with Gasteiger partial charge in [-0.2, -0.15) is 0 Å². The zero-order valence-corrected chi connectivity index (χ0v) is 16.4. The van der Waals surface area contributed by atoms with Gasteiger partial charge in [-0.1, -0.05) is 35.9 Å². The molecular formula is C20H15ClN2O5S. The Morgan fingerprint density at radius 2 is 1.62 bits per heavy atom. The Balaban J connectivity index is 1.85. The van der Waals surface area contributed by atoms with Crippen LogP contribution in [0.3, 0.4) is 0 Å². The van der Waals surface area contributed by atoms with Gasteiger partial charge in [0.05, 0.1) is 21.8 Å². The number of hydrogen-bond acceptors (Lipinski definition) is 4. The number of aromatic carboxylic acids is 1. The van der Waals surface area contributed by atoms with Gasteiger partial charge >= 0.3 is 5.97 Å². The highest BCUT2D eigenvalue weighted by molar-refractivity contribution is 7.92. The molecular weight excluding hydrogens is 416 g/mol. The summed E-state index contributed by atoms with van der Waals surface area (Å²) in [6, 6.07) is 17.5. The summed E-state index contributed by atoms with van der Waals surface area (Å²) in [5, 5.41) is 12.1. The average molecular weight is 431 g/mol. The summed E-state index contributed by atoms with van der Waals surface area (Å²) < 4.78 is 27.6. The van der Waals surface area contributed by atoms with Gasteiger partial charge in [-0.05, 0) is 48.5 Å². The number of anilines is 2. The van der Waals surface area contributed by atoms with Gasteiger partial charge in [-0.25, -0.2) is 13.2 Å². The Labute approximate surface area is 172 Å². The smallest absolute Gasteiger partial charge is 0.337 e. The number of sulfonamides is 1. The molecule has 0 saturated carbocycles. The molecule has 0 aliphatic carbocycles. The van der Waals surface area contributed by atoms with E-state index < -0.39 is 21.9 Å². The van der Waals surface area contributed by atoms with Crippen molar-refractivity contribution in [1.29, 1.82) is 0 Å². The first-order valence-corrected chi connectivity index (χ1v) is 10.1. The number of carbonyl (C=O) groups is 2. The van der Waals surface area contributed by atoms with Crippen molar-refractivity contribution in [2.45, 2.75) is 4.90 Å². The van der Waals surface area contributed by atoms with Crippen molar-refractivity contribution in [3.05, 3.63) is 88.9 Å². The molecule has 0 atom stereocenters. The highest BCUT2D eigenvalue weighted by Gasteiger charge is 2.18. The molecule has 0 saturated heterocycles. The number of rotatable bonds is 6. The molecule has 0 unspecified atom stereocenters. The number of halogens is 1. The summed E-state index contributed by atoms with van der Waals surface area (Å²) in [4.78, 5) is 23.7. The molecule has 9 heteroatoms. The number of nitrogens with one attached hydrogen (secondary N) is 2. The fourth-order valence-corrected chi connectivity index (χ4v) is 3.83. The van der Waals surface area contributed by atoms with Crippen LogP contribution >= 0.6 is 11.6 Å². The Hall–Kier alpha value is -3.36. The number of carbonyl (C=O) groups excluding carboxylic acids is 1. The third-order valence-electron chi connectivity index (χ3n) is 3.89. The van der Waals surface area contributed by atoms with E-state index >= 15 is 0 Å². The summed E-state index contributed by atoms with van der Waals surface area (Å²) in [6.45, 7) is 0. The van der Waals surface area contributed by atoms with Crippen LogP contribution in [-0.2, 0) is 10.0 Å². The number of hydrogen-bond donors (Lipinski definition) is 3. The molecule has 29 heavy (non-hydrogen) atoms. The molecule has 0 radical (unpaired) electrons. The van der Waals surface area contributed by atoms with Crippen LogP contribution < -0.4 is 10.0 Å². The van der Waals surface area contributed by atoms with Crippen molar-refractivity contribution in [3.8, 4) is 0 Å². The maximum atomic E-state index is 12.6. The van der Waals surface area contributed by atoms with Crippen molar-refractivity contribution < 1.29 is 23.1 Å². The largest absolute Gasteiger partial charge is 0.478 e. The second-order valence-electron chi connectivity index (χ2n) is 5.95. The fourth-order valence-electron chi connectivity index (χ4n) is 2.54. The molecule has 0 heterocycles. The van der Waals surface area contributed by atoms with Crippen LogP contribution in [0.15, 0.2) is 77.7 Å². The molecule has 3 aromatic carbocycles. The number of amides is 1. The van der Waals surface area contributed by atoms with Crippen LogP contribution in [0.5, 0.6) is 0 Å². The predicted octanol–water partition coefficient (Wildman–Crippen LogP) is 4.09. The third-order valence-corrected chi connectivity index (χ3v) is 5.50. The van der Waals surface area contributed by atoms with Crippen molar-refractivity contribution in [2.75, 3.05) is 10.0 Å². The molecule has 0 aliphatic rings. The van der Waals surface area contributed by atoms with Gasteiger partial charge in [0.15, 0.2) is 0 Å². The van der Waals surface area contributed by atoms with Crippen molar-refractivity contribution in [2.24, 2.45) is 0 Å². The third kappa shape index (κ3) is 4.92. The van der Waals surface area contributed by atoms with Gasteiger partial charge in [0.1, 0.15) is 0 Å². The van der Waals surface area contributed by atoms with Crippen LogP contribution in [0.2, 0.25) is 5.02 Å². The second-order valence-corrected chi connectivity index (χ2v) is 8.07. The topological polar surface area (TPSA) is 113 Å². The molecule has 0 fully saturated rings. The van der Waals surface area contributed by atoms with Gasteiger partial charge < -0.3 is 10.4 Å². The van der Waals surface area contributed by atoms with E-state index in [1.165, 1.54) is 48.5 Å². The summed E-state index contributed by atoms with van der Waals surface area (Å²) in [7, 11) is -3.96. The minimum atomic E-state index is -3.96. The number of para-hydroxylation sites is 1. The van der Waals surface area contributed by atoms with E-state index in [1.54, 1.807) is 24.3 Å². The summed E-state index contributed by atoms with van der Waals surface area (Å²) in [6.07, 6.45) is 0. The zero-order chi connectivity index (χ0) is 21.0. The maximum absolute atomic E-state index is 12.6. The Bertz CT molecular complexity index is 1190. The molecule has 0 aromatic heterocycles. The monoisotopic (exact) mass is 430 g/mol. The zero-order valence-electron chi connectivity index (χ0n) is 14.8. The average Bonchev–Trinajstić information content (AvgIpc) is 2.68. The van der Waals surface area contributed by atoms with Crippen LogP contribution in [0.4, 0.5) is 11.4 Å². The lowest BCUT2D eigenvalue weighted by molar-refractivity contribution is 0.0698. The Morgan fingerprint density at radius 3 is 2.34 bits per heavy atom. The lowest BCUT2D eigenvalue weighted by Gasteiger charge is -2.11. The van der Waals surface area contributed by atoms with Gasteiger partial charge in [-0.15, -0.1) is 0 Å². The van der Waals surface area contributed by atoms with Crippen LogP contribution in [0, 0.1) is 0 Å². The van der Waals surface area contributed by atoms with Gasteiger partial charge in [0.2, 0.25) is 0 Å². The molecule has 0 aliphatic heterocycles. The minimum absolute atomic E-state index is 0.0548. The quantitative estimate of drug-likeness (QED) is 0.545. The first-order valence-electron chi connectivity index (χ1n) is 8.28. The SMILES string of the molecule is O=C(Nc1ccccc1C(=O)O)c1cccc(S(=O)(=O)Nc2cccc(Cl)c2)c1. The Morgan fingerprint density at radius 1 is 0.897 bits per heavy atom. The summed E-state index contributed by atoms with van der Waals surface area (Å²) in [5.74, 6) is -1.83. The van der Waals surface area contributed by atoms with Crippen LogP contribution in [0.1, 0.15) is 20.7 Å². The number of carboxylic acid groups (broad SMARTS) is 1. The molecule has 3 N–H and O–H groups in total. The first-order chi connectivity index (χ1) is 13.8. The second kappa shape index (κ2) is 8.34. The van der Waals surface area contributed by atoms with Gasteiger partial charge in [0, 0.05) is 10.6 Å². The molecule has 0 bridgehead atoms. The molecule has 3 aromatic rings. The molecule has 7 nitrogen and oxygen atoms in total. The number of benzene rings is 3. The van der Waals surface area contributed by atoms with E-state index in [2.05, 4.69) is 10.0 Å². The van der Waals surface area contributed by atoms with Gasteiger partial charge in [0.25, 0.3) is 15.9 Å². The molecule has 3 rings (SSSR count). The van der Waals surface area contributed by atoms with E-state index in [-0.39, 0.29) is 27.4 Å².